The molecule has 0 aliphatic carbocycles. The number of fused-ring (bicyclic) bond motifs is 1. The third-order valence-electron chi connectivity index (χ3n) is 4.82. The fraction of sp³-hybridized carbons (Fsp3) is 0.588. The molecular formula is C17H22N6O3S. The van der Waals surface area contributed by atoms with E-state index in [4.69, 9.17) is 4.74 Å². The number of aryl methyl sites for hydroxylation is 1. The lowest BCUT2D eigenvalue weighted by Gasteiger charge is -2.29. The van der Waals surface area contributed by atoms with Crippen LogP contribution in [-0.2, 0) is 34.0 Å². The van der Waals surface area contributed by atoms with Crippen molar-refractivity contribution in [1.82, 2.24) is 24.9 Å². The number of carbonyl (C=O) groups excluding carboxylic acids is 2. The molecule has 1 fully saturated rings. The van der Waals surface area contributed by atoms with Crippen molar-refractivity contribution in [1.29, 1.82) is 0 Å². The molecule has 9 nitrogen and oxygen atoms in total. The van der Waals surface area contributed by atoms with E-state index in [2.05, 4.69) is 15.3 Å². The topological polar surface area (TPSA) is 93.5 Å². The van der Waals surface area contributed by atoms with Gasteiger partial charge in [-0.25, -0.2) is 0 Å². The van der Waals surface area contributed by atoms with Gasteiger partial charge in [0, 0.05) is 26.1 Å². The maximum Gasteiger partial charge on any atom is 0.229 e. The highest BCUT2D eigenvalue weighted by atomic mass is 32.1. The second kappa shape index (κ2) is 7.35. The minimum atomic E-state index is -0.340. The summed E-state index contributed by atoms with van der Waals surface area (Å²) in [6.45, 7) is 7.06. The molecule has 4 heterocycles. The summed E-state index contributed by atoms with van der Waals surface area (Å²) in [7, 11) is 0. The van der Waals surface area contributed by atoms with Crippen LogP contribution in [0.1, 0.15) is 29.7 Å². The summed E-state index contributed by atoms with van der Waals surface area (Å²) < 4.78 is 7.28. The van der Waals surface area contributed by atoms with Gasteiger partial charge in [0.15, 0.2) is 0 Å². The molecule has 0 spiro atoms. The van der Waals surface area contributed by atoms with E-state index in [1.54, 1.807) is 4.90 Å². The van der Waals surface area contributed by atoms with Gasteiger partial charge in [-0.15, -0.1) is 10.2 Å². The Hall–Kier alpha value is -2.33. The molecule has 2 aromatic rings. The molecule has 0 bridgehead atoms. The predicted molar refractivity (Wildman–Crippen MR) is 98.1 cm³/mol. The zero-order valence-electron chi connectivity index (χ0n) is 15.4. The van der Waals surface area contributed by atoms with Crippen molar-refractivity contribution in [2.45, 2.75) is 40.0 Å². The van der Waals surface area contributed by atoms with Gasteiger partial charge in [0.2, 0.25) is 16.9 Å². The second-order valence-corrected chi connectivity index (χ2v) is 7.82. The number of amides is 2. The van der Waals surface area contributed by atoms with Gasteiger partial charge in [-0.3, -0.25) is 19.2 Å². The zero-order valence-corrected chi connectivity index (χ0v) is 16.2. The van der Waals surface area contributed by atoms with Gasteiger partial charge in [0.25, 0.3) is 0 Å². The van der Waals surface area contributed by atoms with Crippen LogP contribution in [0, 0.1) is 12.8 Å². The minimum absolute atomic E-state index is 0.0232. The lowest BCUT2D eigenvalue weighted by Crippen LogP contribution is -2.42. The van der Waals surface area contributed by atoms with Crippen LogP contribution in [0.5, 0.6) is 0 Å². The molecule has 0 N–H and O–H groups in total. The van der Waals surface area contributed by atoms with E-state index in [0.29, 0.717) is 44.5 Å². The molecule has 2 aliphatic rings. The molecule has 144 valence electrons. The van der Waals surface area contributed by atoms with E-state index < -0.39 is 0 Å². The van der Waals surface area contributed by atoms with Crippen LogP contribution in [0.2, 0.25) is 0 Å². The van der Waals surface area contributed by atoms with Gasteiger partial charge in [0.05, 0.1) is 30.4 Å². The SMILES string of the molecule is CCOCc1nnc(N2CC(C(=O)N3CCn4nc(C)cc4C3)CC2=O)s1. The molecular weight excluding hydrogens is 368 g/mol. The van der Waals surface area contributed by atoms with Crippen LogP contribution >= 0.6 is 11.3 Å². The number of carbonyl (C=O) groups is 2. The highest BCUT2D eigenvalue weighted by Crippen LogP contribution is 2.29. The number of ether oxygens (including phenoxy) is 1. The van der Waals surface area contributed by atoms with Crippen molar-refractivity contribution >= 4 is 28.3 Å². The van der Waals surface area contributed by atoms with Gasteiger partial charge >= 0.3 is 0 Å². The van der Waals surface area contributed by atoms with E-state index in [0.717, 1.165) is 16.4 Å². The van der Waals surface area contributed by atoms with Crippen molar-refractivity contribution in [3.63, 3.8) is 0 Å². The van der Waals surface area contributed by atoms with E-state index in [1.807, 2.05) is 29.5 Å². The van der Waals surface area contributed by atoms with Crippen molar-refractivity contribution in [2.24, 2.45) is 5.92 Å². The maximum atomic E-state index is 13.0. The molecule has 2 amide bonds. The predicted octanol–water partition coefficient (Wildman–Crippen LogP) is 0.975. The summed E-state index contributed by atoms with van der Waals surface area (Å²) in [6, 6.07) is 2.01. The lowest BCUT2D eigenvalue weighted by atomic mass is 10.1. The number of hydrogen-bond donors (Lipinski definition) is 0. The molecule has 10 heteroatoms. The van der Waals surface area contributed by atoms with Gasteiger partial charge in [-0.2, -0.15) is 5.10 Å². The highest BCUT2D eigenvalue weighted by Gasteiger charge is 2.39. The monoisotopic (exact) mass is 390 g/mol. The molecule has 0 radical (unpaired) electrons. The van der Waals surface area contributed by atoms with Crippen LogP contribution in [0.3, 0.4) is 0 Å². The summed E-state index contributed by atoms with van der Waals surface area (Å²) in [5.74, 6) is -0.396. The summed E-state index contributed by atoms with van der Waals surface area (Å²) in [6.07, 6.45) is 0.216. The second-order valence-electron chi connectivity index (χ2n) is 6.78. The van der Waals surface area contributed by atoms with E-state index in [-0.39, 0.29) is 24.2 Å². The molecule has 1 atom stereocenters. The van der Waals surface area contributed by atoms with Crippen LogP contribution < -0.4 is 4.90 Å². The van der Waals surface area contributed by atoms with Crippen molar-refractivity contribution in [2.75, 3.05) is 24.6 Å². The van der Waals surface area contributed by atoms with Crippen LogP contribution in [0.15, 0.2) is 6.07 Å². The Morgan fingerprint density at radius 1 is 1.37 bits per heavy atom. The molecule has 0 aromatic carbocycles. The number of nitrogens with zero attached hydrogens (tertiary/aromatic N) is 6. The quantitative estimate of drug-likeness (QED) is 0.755. The standard InChI is InChI=1S/C17H22N6O3S/c1-3-26-10-14-18-19-17(27-14)22-8-12(7-15(22)24)16(25)21-4-5-23-13(9-21)6-11(2)20-23/h6,12H,3-5,7-10H2,1-2H3. The van der Waals surface area contributed by atoms with Crippen LogP contribution in [0.25, 0.3) is 0 Å². The third kappa shape index (κ3) is 3.59. The molecule has 27 heavy (non-hydrogen) atoms. The number of rotatable bonds is 5. The summed E-state index contributed by atoms with van der Waals surface area (Å²) in [5, 5.41) is 13.9. The third-order valence-corrected chi connectivity index (χ3v) is 5.74. The Kier molecular flexibility index (Phi) is 4.92. The van der Waals surface area contributed by atoms with Crippen LogP contribution in [0.4, 0.5) is 5.13 Å². The molecule has 1 unspecified atom stereocenters. The van der Waals surface area contributed by atoms with Crippen LogP contribution in [-0.4, -0.2) is 56.4 Å². The Balaban J connectivity index is 1.41. The zero-order chi connectivity index (χ0) is 19.0. The summed E-state index contributed by atoms with van der Waals surface area (Å²) >= 11 is 1.34. The average Bonchev–Trinajstić information content (AvgIpc) is 3.35. The van der Waals surface area contributed by atoms with Gasteiger partial charge in [0.1, 0.15) is 11.6 Å². The Bertz CT molecular complexity index is 863. The van der Waals surface area contributed by atoms with Crippen molar-refractivity contribution < 1.29 is 14.3 Å². The fourth-order valence-corrected chi connectivity index (χ4v) is 4.32. The minimum Gasteiger partial charge on any atom is -0.374 e. The first-order chi connectivity index (χ1) is 13.0. The number of hydrogen-bond acceptors (Lipinski definition) is 7. The Morgan fingerprint density at radius 2 is 2.22 bits per heavy atom. The number of aromatic nitrogens is 4. The first-order valence-corrected chi connectivity index (χ1v) is 9.89. The summed E-state index contributed by atoms with van der Waals surface area (Å²) in [4.78, 5) is 28.8. The smallest absolute Gasteiger partial charge is 0.229 e. The molecule has 4 rings (SSSR count). The average molecular weight is 390 g/mol. The summed E-state index contributed by atoms with van der Waals surface area (Å²) in [5.41, 5.74) is 2.00. The van der Waals surface area contributed by atoms with Gasteiger partial charge in [-0.05, 0) is 19.9 Å². The Labute approximate surface area is 160 Å². The molecule has 1 saturated heterocycles. The van der Waals surface area contributed by atoms with E-state index in [9.17, 15) is 9.59 Å². The van der Waals surface area contributed by atoms with Crippen molar-refractivity contribution in [3.8, 4) is 0 Å². The van der Waals surface area contributed by atoms with E-state index in [1.165, 1.54) is 11.3 Å². The molecule has 2 aliphatic heterocycles. The first kappa shape index (κ1) is 18.1. The highest BCUT2D eigenvalue weighted by molar-refractivity contribution is 7.15. The first-order valence-electron chi connectivity index (χ1n) is 9.07. The normalized spacial score (nSPS) is 19.6. The fourth-order valence-electron chi connectivity index (χ4n) is 3.52. The lowest BCUT2D eigenvalue weighted by molar-refractivity contribution is -0.137. The maximum absolute atomic E-state index is 13.0. The van der Waals surface area contributed by atoms with Gasteiger partial charge < -0.3 is 9.64 Å². The Morgan fingerprint density at radius 3 is 3.04 bits per heavy atom. The van der Waals surface area contributed by atoms with Crippen molar-refractivity contribution in [3.05, 3.63) is 22.5 Å². The molecule has 0 saturated carbocycles. The van der Waals surface area contributed by atoms with Gasteiger partial charge in [-0.1, -0.05) is 11.3 Å². The largest absolute Gasteiger partial charge is 0.374 e. The van der Waals surface area contributed by atoms with E-state index >= 15 is 0 Å². The number of anilines is 1. The molecule has 2 aromatic heterocycles.